The third kappa shape index (κ3) is 4.53. The summed E-state index contributed by atoms with van der Waals surface area (Å²) in [6.07, 6.45) is 1.11. The fraction of sp³-hybridized carbons (Fsp3) is 0.235. The molecule has 0 aliphatic carbocycles. The Morgan fingerprint density at radius 3 is 1.95 bits per heavy atom. The molecule has 0 aliphatic heterocycles. The van der Waals surface area contributed by atoms with E-state index in [2.05, 4.69) is 70.9 Å². The summed E-state index contributed by atoms with van der Waals surface area (Å²) in [7, 11) is 1.74. The number of rotatable bonds is 2. The van der Waals surface area contributed by atoms with Gasteiger partial charge < -0.3 is 0 Å². The zero-order valence-electron chi connectivity index (χ0n) is 12.7. The molecular weight excluding hydrogens is 260 g/mol. The number of hydrogen-bond donors (Lipinski definition) is 0. The molecular formula is C17H20N4. The van der Waals surface area contributed by atoms with Crippen molar-refractivity contribution in [3.8, 4) is 11.1 Å². The highest BCUT2D eigenvalue weighted by Gasteiger charge is 1.95. The lowest BCUT2D eigenvalue weighted by atomic mass is 10.0. The molecule has 0 fully saturated rings. The maximum Gasteiger partial charge on any atom is 0.171 e. The van der Waals surface area contributed by atoms with Crippen molar-refractivity contribution in [3.05, 3.63) is 66.0 Å². The molecule has 0 saturated heterocycles. The molecule has 0 radical (unpaired) electrons. The number of nitrogens with zero attached hydrogens (tertiary/aromatic N) is 4. The van der Waals surface area contributed by atoms with E-state index in [-0.39, 0.29) is 0 Å². The van der Waals surface area contributed by atoms with E-state index in [9.17, 15) is 0 Å². The zero-order chi connectivity index (χ0) is 15.1. The number of hydrogen-bond acceptors (Lipinski definition) is 3. The van der Waals surface area contributed by atoms with Crippen LogP contribution in [0.4, 0.5) is 0 Å². The normalized spacial score (nSPS) is 9.86. The van der Waals surface area contributed by atoms with Crippen LogP contribution in [0.5, 0.6) is 0 Å². The van der Waals surface area contributed by atoms with Gasteiger partial charge in [0.25, 0.3) is 0 Å². The summed E-state index contributed by atoms with van der Waals surface area (Å²) in [4.78, 5) is 1.43. The minimum Gasteiger partial charge on any atom is -0.167 e. The average molecular weight is 280 g/mol. The van der Waals surface area contributed by atoms with Gasteiger partial charge in [0.15, 0.2) is 5.82 Å². The van der Waals surface area contributed by atoms with Crippen molar-refractivity contribution in [2.45, 2.75) is 20.3 Å². The molecule has 2 aromatic carbocycles. The molecule has 108 valence electrons. The molecule has 0 bridgehead atoms. The van der Waals surface area contributed by atoms with Crippen LogP contribution in [-0.2, 0) is 13.5 Å². The third-order valence-electron chi connectivity index (χ3n) is 3.08. The van der Waals surface area contributed by atoms with E-state index in [0.717, 1.165) is 6.42 Å². The van der Waals surface area contributed by atoms with Crippen LogP contribution in [0.3, 0.4) is 0 Å². The number of tetrazole rings is 1. The Hall–Kier alpha value is -2.49. The zero-order valence-corrected chi connectivity index (χ0v) is 12.7. The molecule has 1 heterocycles. The standard InChI is InChI=1S/C14H14.C3H6N4/c1-2-12-8-10-14(11-9-12)13-6-4-3-5-7-13;1-3-4-6-7(2)5-3/h3-11H,2H2,1H3;1-2H3. The molecule has 0 aliphatic rings. The van der Waals surface area contributed by atoms with Crippen molar-refractivity contribution in [1.82, 2.24) is 20.2 Å². The maximum atomic E-state index is 3.81. The fourth-order valence-corrected chi connectivity index (χ4v) is 1.94. The van der Waals surface area contributed by atoms with Crippen LogP contribution in [0.15, 0.2) is 54.6 Å². The lowest BCUT2D eigenvalue weighted by Crippen LogP contribution is -1.91. The molecule has 1 aromatic heterocycles. The summed E-state index contributed by atoms with van der Waals surface area (Å²) >= 11 is 0. The molecule has 3 rings (SSSR count). The van der Waals surface area contributed by atoms with Gasteiger partial charge in [-0.1, -0.05) is 61.5 Å². The summed E-state index contributed by atoms with van der Waals surface area (Å²) in [5.41, 5.74) is 3.97. The van der Waals surface area contributed by atoms with E-state index in [1.807, 2.05) is 6.07 Å². The number of aromatic nitrogens is 4. The Kier molecular flexibility index (Phi) is 5.21. The van der Waals surface area contributed by atoms with Crippen LogP contribution in [0, 0.1) is 6.92 Å². The van der Waals surface area contributed by atoms with Gasteiger partial charge >= 0.3 is 0 Å². The Balaban J connectivity index is 0.000000194. The van der Waals surface area contributed by atoms with Gasteiger partial charge in [-0.3, -0.25) is 0 Å². The average Bonchev–Trinajstić information content (AvgIpc) is 2.92. The van der Waals surface area contributed by atoms with E-state index in [4.69, 9.17) is 0 Å². The molecule has 4 nitrogen and oxygen atoms in total. The summed E-state index contributed by atoms with van der Waals surface area (Å²) in [5.74, 6) is 0.711. The summed E-state index contributed by atoms with van der Waals surface area (Å²) < 4.78 is 0. The first kappa shape index (κ1) is 14.9. The first-order valence-electron chi connectivity index (χ1n) is 7.04. The van der Waals surface area contributed by atoms with Gasteiger partial charge in [-0.05, 0) is 35.2 Å². The third-order valence-corrected chi connectivity index (χ3v) is 3.08. The topological polar surface area (TPSA) is 43.6 Å². The van der Waals surface area contributed by atoms with E-state index >= 15 is 0 Å². The van der Waals surface area contributed by atoms with Crippen LogP contribution in [0.2, 0.25) is 0 Å². The van der Waals surface area contributed by atoms with E-state index in [1.54, 1.807) is 14.0 Å². The highest BCUT2D eigenvalue weighted by atomic mass is 15.6. The molecule has 0 unspecified atom stereocenters. The predicted octanol–water partition coefficient (Wildman–Crippen LogP) is 3.43. The van der Waals surface area contributed by atoms with E-state index in [0.29, 0.717) is 5.82 Å². The van der Waals surface area contributed by atoms with E-state index in [1.165, 1.54) is 21.5 Å². The second kappa shape index (κ2) is 7.33. The van der Waals surface area contributed by atoms with Crippen LogP contribution in [0.25, 0.3) is 11.1 Å². The molecule has 0 atom stereocenters. The highest BCUT2D eigenvalue weighted by Crippen LogP contribution is 2.19. The molecule has 4 heteroatoms. The lowest BCUT2D eigenvalue weighted by molar-refractivity contribution is 0.629. The van der Waals surface area contributed by atoms with Gasteiger partial charge in [0.1, 0.15) is 0 Å². The minimum absolute atomic E-state index is 0.711. The van der Waals surface area contributed by atoms with Crippen LogP contribution < -0.4 is 0 Å². The Morgan fingerprint density at radius 1 is 0.905 bits per heavy atom. The maximum absolute atomic E-state index is 3.81. The molecule has 0 spiro atoms. The van der Waals surface area contributed by atoms with Crippen molar-refractivity contribution in [2.24, 2.45) is 7.05 Å². The molecule has 0 amide bonds. The molecule has 21 heavy (non-hydrogen) atoms. The Labute approximate surface area is 125 Å². The van der Waals surface area contributed by atoms with Crippen LogP contribution in [0.1, 0.15) is 18.3 Å². The van der Waals surface area contributed by atoms with Crippen LogP contribution >= 0.6 is 0 Å². The highest BCUT2D eigenvalue weighted by molar-refractivity contribution is 5.63. The van der Waals surface area contributed by atoms with Gasteiger partial charge in [-0.25, -0.2) is 0 Å². The largest absolute Gasteiger partial charge is 0.171 e. The molecule has 0 N–H and O–H groups in total. The Bertz CT molecular complexity index is 640. The Morgan fingerprint density at radius 2 is 1.52 bits per heavy atom. The second-order valence-electron chi connectivity index (χ2n) is 4.74. The van der Waals surface area contributed by atoms with Crippen molar-refractivity contribution < 1.29 is 0 Å². The molecule has 0 saturated carbocycles. The quantitative estimate of drug-likeness (QED) is 0.722. The van der Waals surface area contributed by atoms with Gasteiger partial charge in [-0.15, -0.1) is 10.2 Å². The monoisotopic (exact) mass is 280 g/mol. The smallest absolute Gasteiger partial charge is 0.167 e. The summed E-state index contributed by atoms with van der Waals surface area (Å²) in [6, 6.07) is 19.2. The van der Waals surface area contributed by atoms with Gasteiger partial charge in [-0.2, -0.15) is 4.80 Å². The number of benzene rings is 2. The van der Waals surface area contributed by atoms with Crippen molar-refractivity contribution in [3.63, 3.8) is 0 Å². The van der Waals surface area contributed by atoms with Gasteiger partial charge in [0, 0.05) is 0 Å². The fourth-order valence-electron chi connectivity index (χ4n) is 1.94. The van der Waals surface area contributed by atoms with E-state index < -0.39 is 0 Å². The van der Waals surface area contributed by atoms with Gasteiger partial charge in [0.05, 0.1) is 7.05 Å². The van der Waals surface area contributed by atoms with Gasteiger partial charge in [0.2, 0.25) is 0 Å². The lowest BCUT2D eigenvalue weighted by Gasteiger charge is -2.02. The first-order valence-corrected chi connectivity index (χ1v) is 7.04. The number of aryl methyl sites for hydroxylation is 3. The first-order chi connectivity index (χ1) is 10.2. The van der Waals surface area contributed by atoms with Crippen molar-refractivity contribution in [1.29, 1.82) is 0 Å². The SMILES string of the molecule is CCc1ccc(-c2ccccc2)cc1.Cc1nnn(C)n1. The summed E-state index contributed by atoms with van der Waals surface area (Å²) in [5, 5.41) is 11.0. The molecule has 3 aromatic rings. The van der Waals surface area contributed by atoms with Crippen molar-refractivity contribution in [2.75, 3.05) is 0 Å². The second-order valence-corrected chi connectivity index (χ2v) is 4.74. The van der Waals surface area contributed by atoms with Crippen LogP contribution in [-0.4, -0.2) is 20.2 Å². The van der Waals surface area contributed by atoms with Crippen molar-refractivity contribution >= 4 is 0 Å². The minimum atomic E-state index is 0.711. The predicted molar refractivity (Wildman–Crippen MR) is 84.8 cm³/mol. The summed E-state index contributed by atoms with van der Waals surface area (Å²) in [6.45, 7) is 3.98.